The van der Waals surface area contributed by atoms with E-state index in [-0.39, 0.29) is 18.0 Å². The normalized spacial score (nSPS) is 25.4. The average molecular weight is 223 g/mol. The number of aryl methyl sites for hydroxylation is 1. The lowest BCUT2D eigenvalue weighted by Crippen LogP contribution is -2.36. The zero-order valence-electron chi connectivity index (χ0n) is 9.54. The predicted molar refractivity (Wildman–Crippen MR) is 63.0 cm³/mol. The molecule has 0 bridgehead atoms. The number of aliphatic hydroxyl groups excluding tert-OH is 1. The van der Waals surface area contributed by atoms with Crippen molar-refractivity contribution in [1.82, 2.24) is 0 Å². The van der Waals surface area contributed by atoms with Gasteiger partial charge in [-0.15, -0.1) is 0 Å². The monoisotopic (exact) mass is 223 g/mol. The van der Waals surface area contributed by atoms with Crippen molar-refractivity contribution in [3.63, 3.8) is 0 Å². The summed E-state index contributed by atoms with van der Waals surface area (Å²) in [5.41, 5.74) is 1.41. The first-order valence-corrected chi connectivity index (χ1v) is 5.87. The molecule has 0 spiro atoms. The molecule has 0 radical (unpaired) electrons. The van der Waals surface area contributed by atoms with Crippen LogP contribution in [0.2, 0.25) is 0 Å². The van der Waals surface area contributed by atoms with Gasteiger partial charge in [-0.25, -0.2) is 4.39 Å². The molecule has 2 N–H and O–H groups in total. The van der Waals surface area contributed by atoms with Gasteiger partial charge in [-0.05, 0) is 37.5 Å². The van der Waals surface area contributed by atoms with Gasteiger partial charge in [-0.1, -0.05) is 18.9 Å². The number of rotatable bonds is 2. The van der Waals surface area contributed by atoms with Crippen molar-refractivity contribution >= 4 is 5.69 Å². The molecule has 2 atom stereocenters. The Hall–Kier alpha value is -1.09. The number of benzene rings is 1. The number of hydrogen-bond donors (Lipinski definition) is 2. The lowest BCUT2D eigenvalue weighted by atomic mass is 9.92. The summed E-state index contributed by atoms with van der Waals surface area (Å²) in [5, 5.41) is 13.0. The van der Waals surface area contributed by atoms with Crippen LogP contribution >= 0.6 is 0 Å². The minimum atomic E-state index is -0.307. The largest absolute Gasteiger partial charge is 0.391 e. The smallest absolute Gasteiger partial charge is 0.128 e. The molecule has 3 heteroatoms. The van der Waals surface area contributed by atoms with Crippen LogP contribution < -0.4 is 5.32 Å². The second kappa shape index (κ2) is 4.83. The van der Waals surface area contributed by atoms with E-state index in [0.29, 0.717) is 5.56 Å². The average Bonchev–Trinajstić information content (AvgIpc) is 2.27. The fourth-order valence-corrected chi connectivity index (χ4v) is 2.18. The van der Waals surface area contributed by atoms with E-state index in [2.05, 4.69) is 5.32 Å². The molecule has 0 saturated heterocycles. The summed E-state index contributed by atoms with van der Waals surface area (Å²) >= 11 is 0. The van der Waals surface area contributed by atoms with E-state index < -0.39 is 0 Å². The van der Waals surface area contributed by atoms with Crippen LogP contribution in [0.1, 0.15) is 31.2 Å². The van der Waals surface area contributed by atoms with Gasteiger partial charge in [-0.2, -0.15) is 0 Å². The van der Waals surface area contributed by atoms with Gasteiger partial charge in [0.15, 0.2) is 0 Å². The number of nitrogens with one attached hydrogen (secondary N) is 1. The van der Waals surface area contributed by atoms with Gasteiger partial charge in [0.05, 0.1) is 12.1 Å². The highest BCUT2D eigenvalue weighted by atomic mass is 19.1. The van der Waals surface area contributed by atoms with Crippen LogP contribution in [0, 0.1) is 12.7 Å². The van der Waals surface area contributed by atoms with Gasteiger partial charge in [0.25, 0.3) is 0 Å². The van der Waals surface area contributed by atoms with Gasteiger partial charge >= 0.3 is 0 Å². The van der Waals surface area contributed by atoms with E-state index in [4.69, 9.17) is 0 Å². The predicted octanol–water partition coefficient (Wildman–Crippen LogP) is 2.85. The van der Waals surface area contributed by atoms with Crippen LogP contribution in [0.3, 0.4) is 0 Å². The Kier molecular flexibility index (Phi) is 3.44. The molecule has 1 saturated carbocycles. The molecule has 0 aliphatic heterocycles. The minimum Gasteiger partial charge on any atom is -0.391 e. The topological polar surface area (TPSA) is 32.3 Å². The van der Waals surface area contributed by atoms with E-state index in [1.54, 1.807) is 13.0 Å². The zero-order chi connectivity index (χ0) is 11.5. The molecule has 2 rings (SSSR count). The molecule has 0 unspecified atom stereocenters. The zero-order valence-corrected chi connectivity index (χ0v) is 9.54. The van der Waals surface area contributed by atoms with E-state index in [9.17, 15) is 9.50 Å². The molecule has 1 aliphatic rings. The van der Waals surface area contributed by atoms with E-state index in [1.165, 1.54) is 6.07 Å². The molecule has 0 heterocycles. The molecule has 1 aromatic carbocycles. The van der Waals surface area contributed by atoms with Gasteiger partial charge in [0.1, 0.15) is 5.82 Å². The van der Waals surface area contributed by atoms with Crippen molar-refractivity contribution in [3.05, 3.63) is 29.6 Å². The minimum absolute atomic E-state index is 0.0656. The van der Waals surface area contributed by atoms with Gasteiger partial charge in [0.2, 0.25) is 0 Å². The Bertz CT molecular complexity index is 367. The number of halogens is 1. The lowest BCUT2D eigenvalue weighted by molar-refractivity contribution is 0.116. The van der Waals surface area contributed by atoms with E-state index in [0.717, 1.165) is 31.4 Å². The number of anilines is 1. The quantitative estimate of drug-likeness (QED) is 0.808. The molecular weight excluding hydrogens is 205 g/mol. The molecule has 1 fully saturated rings. The van der Waals surface area contributed by atoms with E-state index in [1.807, 2.05) is 6.07 Å². The Morgan fingerprint density at radius 3 is 2.75 bits per heavy atom. The van der Waals surface area contributed by atoms with E-state index >= 15 is 0 Å². The summed E-state index contributed by atoms with van der Waals surface area (Å²) in [5.74, 6) is -0.199. The Morgan fingerprint density at radius 1 is 1.31 bits per heavy atom. The van der Waals surface area contributed by atoms with Crippen LogP contribution in [-0.4, -0.2) is 17.3 Å². The summed E-state index contributed by atoms with van der Waals surface area (Å²) in [6, 6.07) is 5.18. The fourth-order valence-electron chi connectivity index (χ4n) is 2.18. The lowest BCUT2D eigenvalue weighted by Gasteiger charge is -2.29. The second-order valence-corrected chi connectivity index (χ2v) is 4.57. The third-order valence-electron chi connectivity index (χ3n) is 3.25. The fraction of sp³-hybridized carbons (Fsp3) is 0.538. The highest BCUT2D eigenvalue weighted by Crippen LogP contribution is 2.23. The maximum atomic E-state index is 13.3. The third kappa shape index (κ3) is 2.53. The highest BCUT2D eigenvalue weighted by molar-refractivity contribution is 5.46. The SMILES string of the molecule is Cc1ccc(N[C@H]2CCCC[C@@H]2O)cc1F. The van der Waals surface area contributed by atoms with Crippen LogP contribution in [0.25, 0.3) is 0 Å². The van der Waals surface area contributed by atoms with Crippen molar-refractivity contribution in [1.29, 1.82) is 0 Å². The van der Waals surface area contributed by atoms with Crippen LogP contribution in [0.15, 0.2) is 18.2 Å². The molecule has 88 valence electrons. The first kappa shape index (κ1) is 11.4. The molecule has 16 heavy (non-hydrogen) atoms. The van der Waals surface area contributed by atoms with Crippen molar-refractivity contribution in [2.24, 2.45) is 0 Å². The Morgan fingerprint density at radius 2 is 2.06 bits per heavy atom. The summed E-state index contributed by atoms with van der Waals surface area (Å²) in [6.45, 7) is 1.74. The van der Waals surface area contributed by atoms with Crippen LogP contribution in [0.4, 0.5) is 10.1 Å². The molecule has 0 amide bonds. The summed E-state index contributed by atoms with van der Waals surface area (Å²) in [4.78, 5) is 0. The Balaban J connectivity index is 2.05. The maximum Gasteiger partial charge on any atom is 0.128 e. The molecule has 2 nitrogen and oxygen atoms in total. The molecule has 1 aliphatic carbocycles. The summed E-state index contributed by atoms with van der Waals surface area (Å²) < 4.78 is 13.3. The number of hydrogen-bond acceptors (Lipinski definition) is 2. The van der Waals surface area contributed by atoms with Gasteiger partial charge in [0, 0.05) is 5.69 Å². The second-order valence-electron chi connectivity index (χ2n) is 4.57. The first-order chi connectivity index (χ1) is 7.66. The molecule has 0 aromatic heterocycles. The third-order valence-corrected chi connectivity index (χ3v) is 3.25. The molecular formula is C13H18FNO. The Labute approximate surface area is 95.5 Å². The van der Waals surface area contributed by atoms with Crippen LogP contribution in [-0.2, 0) is 0 Å². The summed E-state index contributed by atoms with van der Waals surface area (Å²) in [7, 11) is 0. The standard InChI is InChI=1S/C13H18FNO/c1-9-6-7-10(8-11(9)14)15-12-4-2-3-5-13(12)16/h6-8,12-13,15-16H,2-5H2,1H3/t12-,13-/m0/s1. The highest BCUT2D eigenvalue weighted by Gasteiger charge is 2.22. The maximum absolute atomic E-state index is 13.3. The summed E-state index contributed by atoms with van der Waals surface area (Å²) in [6.07, 6.45) is 3.70. The number of aliphatic hydroxyl groups is 1. The molecule has 1 aromatic rings. The van der Waals surface area contributed by atoms with Gasteiger partial charge in [-0.3, -0.25) is 0 Å². The van der Waals surface area contributed by atoms with Gasteiger partial charge < -0.3 is 10.4 Å². The van der Waals surface area contributed by atoms with Crippen molar-refractivity contribution in [2.45, 2.75) is 44.8 Å². The van der Waals surface area contributed by atoms with Crippen molar-refractivity contribution < 1.29 is 9.50 Å². The van der Waals surface area contributed by atoms with Crippen molar-refractivity contribution in [3.8, 4) is 0 Å². The van der Waals surface area contributed by atoms with Crippen LogP contribution in [0.5, 0.6) is 0 Å². The first-order valence-electron chi connectivity index (χ1n) is 5.87. The van der Waals surface area contributed by atoms with Crippen molar-refractivity contribution in [2.75, 3.05) is 5.32 Å².